The second-order valence-electron chi connectivity index (χ2n) is 6.69. The Balaban J connectivity index is 1.86. The van der Waals surface area contributed by atoms with Gasteiger partial charge in [0.05, 0.1) is 16.8 Å². The van der Waals surface area contributed by atoms with Gasteiger partial charge in [-0.15, -0.1) is 0 Å². The zero-order valence-electron chi connectivity index (χ0n) is 15.7. The molecule has 2 heterocycles. The number of carbonyl (C=O) groups is 1. The fourth-order valence-electron chi connectivity index (χ4n) is 3.27. The van der Waals surface area contributed by atoms with Crippen LogP contribution in [0.15, 0.2) is 64.3 Å². The quantitative estimate of drug-likeness (QED) is 0.562. The fourth-order valence-corrected chi connectivity index (χ4v) is 3.27. The van der Waals surface area contributed by atoms with Crippen molar-refractivity contribution in [1.82, 2.24) is 14.1 Å². The highest BCUT2D eigenvalue weighted by Gasteiger charge is 2.20. The second-order valence-corrected chi connectivity index (χ2v) is 6.69. The average molecular weight is 392 g/mol. The summed E-state index contributed by atoms with van der Waals surface area (Å²) >= 11 is 0. The predicted octanol–water partition coefficient (Wildman–Crippen LogP) is 2.72. The van der Waals surface area contributed by atoms with Crippen LogP contribution in [-0.2, 0) is 7.05 Å². The second kappa shape index (κ2) is 6.90. The van der Waals surface area contributed by atoms with Crippen LogP contribution in [0.5, 0.6) is 0 Å². The molecule has 0 fully saturated rings. The van der Waals surface area contributed by atoms with Gasteiger partial charge < -0.3 is 14.9 Å². The highest BCUT2D eigenvalue weighted by molar-refractivity contribution is 6.12. The van der Waals surface area contributed by atoms with E-state index in [1.807, 2.05) is 19.1 Å². The number of H-pyrrole nitrogens is 1. The van der Waals surface area contributed by atoms with E-state index in [-0.39, 0.29) is 22.3 Å². The van der Waals surface area contributed by atoms with Crippen LogP contribution in [-0.4, -0.2) is 20.0 Å². The van der Waals surface area contributed by atoms with E-state index in [1.165, 1.54) is 22.9 Å². The molecule has 0 bridgehead atoms. The van der Waals surface area contributed by atoms with Crippen molar-refractivity contribution >= 4 is 22.6 Å². The third-order valence-electron chi connectivity index (χ3n) is 4.75. The molecule has 0 aliphatic rings. The van der Waals surface area contributed by atoms with Crippen molar-refractivity contribution in [1.29, 1.82) is 0 Å². The minimum absolute atomic E-state index is 0.145. The van der Waals surface area contributed by atoms with Gasteiger partial charge in [0.1, 0.15) is 11.3 Å². The first kappa shape index (κ1) is 18.4. The molecular weight excluding hydrogens is 375 g/mol. The first-order valence-corrected chi connectivity index (χ1v) is 8.84. The molecule has 7 nitrogen and oxygen atoms in total. The Labute approximate surface area is 164 Å². The molecule has 0 atom stereocenters. The number of anilines is 1. The summed E-state index contributed by atoms with van der Waals surface area (Å²) in [6.07, 6.45) is 1.49. The van der Waals surface area contributed by atoms with Gasteiger partial charge in [-0.25, -0.2) is 13.8 Å². The molecule has 0 spiro atoms. The Bertz CT molecular complexity index is 1360. The van der Waals surface area contributed by atoms with Gasteiger partial charge in [0.25, 0.3) is 11.5 Å². The van der Waals surface area contributed by atoms with Crippen LogP contribution >= 0.6 is 0 Å². The van der Waals surface area contributed by atoms with E-state index in [0.717, 1.165) is 22.3 Å². The van der Waals surface area contributed by atoms with Crippen LogP contribution < -0.4 is 16.6 Å². The SMILES string of the molecule is Cc1ccccc1NC(=O)c1cn(C)c2c(=O)n(-c3ccc(F)cc3)c(=O)[nH]c12. The summed E-state index contributed by atoms with van der Waals surface area (Å²) in [5.74, 6) is -0.923. The lowest BCUT2D eigenvalue weighted by Crippen LogP contribution is -2.34. The molecular formula is C21H17FN4O3. The summed E-state index contributed by atoms with van der Waals surface area (Å²) in [7, 11) is 1.61. The maximum atomic E-state index is 13.2. The Kier molecular flexibility index (Phi) is 4.38. The van der Waals surface area contributed by atoms with Crippen LogP contribution in [0.1, 0.15) is 15.9 Å². The van der Waals surface area contributed by atoms with Crippen molar-refractivity contribution in [3.05, 3.63) is 92.5 Å². The molecule has 0 unspecified atom stereocenters. The van der Waals surface area contributed by atoms with E-state index in [1.54, 1.807) is 19.2 Å². The van der Waals surface area contributed by atoms with Crippen LogP contribution in [0.3, 0.4) is 0 Å². The van der Waals surface area contributed by atoms with Gasteiger partial charge in [-0.05, 0) is 42.8 Å². The molecule has 0 aliphatic carbocycles. The molecule has 0 saturated heterocycles. The van der Waals surface area contributed by atoms with E-state index in [2.05, 4.69) is 10.3 Å². The largest absolute Gasteiger partial charge is 0.344 e. The van der Waals surface area contributed by atoms with Gasteiger partial charge in [-0.1, -0.05) is 18.2 Å². The van der Waals surface area contributed by atoms with Crippen molar-refractivity contribution in [2.75, 3.05) is 5.32 Å². The predicted molar refractivity (Wildman–Crippen MR) is 108 cm³/mol. The molecule has 4 rings (SSSR count). The third-order valence-corrected chi connectivity index (χ3v) is 4.75. The van der Waals surface area contributed by atoms with E-state index in [0.29, 0.717) is 5.69 Å². The Morgan fingerprint density at radius 3 is 2.45 bits per heavy atom. The number of rotatable bonds is 3. The molecule has 2 aromatic carbocycles. The minimum atomic E-state index is -0.717. The number of benzene rings is 2. The number of hydrogen-bond donors (Lipinski definition) is 2. The molecule has 4 aromatic rings. The van der Waals surface area contributed by atoms with E-state index >= 15 is 0 Å². The number of hydrogen-bond acceptors (Lipinski definition) is 3. The molecule has 8 heteroatoms. The zero-order valence-corrected chi connectivity index (χ0v) is 15.7. The first-order valence-electron chi connectivity index (χ1n) is 8.84. The number of aryl methyl sites for hydroxylation is 2. The van der Waals surface area contributed by atoms with Crippen molar-refractivity contribution < 1.29 is 9.18 Å². The number of nitrogens with zero attached hydrogens (tertiary/aromatic N) is 2. The number of halogens is 1. The topological polar surface area (TPSA) is 88.9 Å². The van der Waals surface area contributed by atoms with E-state index in [4.69, 9.17) is 0 Å². The monoisotopic (exact) mass is 392 g/mol. The van der Waals surface area contributed by atoms with Crippen molar-refractivity contribution in [3.8, 4) is 5.69 Å². The number of aromatic nitrogens is 3. The Hall–Kier alpha value is -3.94. The van der Waals surface area contributed by atoms with Gasteiger partial charge in [0.2, 0.25) is 0 Å². The molecule has 0 aliphatic heterocycles. The van der Waals surface area contributed by atoms with Crippen LogP contribution in [0, 0.1) is 12.7 Å². The summed E-state index contributed by atoms with van der Waals surface area (Å²) in [5, 5.41) is 2.80. The number of amides is 1. The highest BCUT2D eigenvalue weighted by atomic mass is 19.1. The van der Waals surface area contributed by atoms with E-state index in [9.17, 15) is 18.8 Å². The van der Waals surface area contributed by atoms with Gasteiger partial charge in [0, 0.05) is 18.9 Å². The van der Waals surface area contributed by atoms with Crippen LogP contribution in [0.4, 0.5) is 10.1 Å². The smallest absolute Gasteiger partial charge is 0.333 e. The lowest BCUT2D eigenvalue weighted by atomic mass is 10.2. The van der Waals surface area contributed by atoms with Gasteiger partial charge in [-0.3, -0.25) is 9.59 Å². The summed E-state index contributed by atoms with van der Waals surface area (Å²) in [5.41, 5.74) is 0.900. The molecule has 1 amide bonds. The summed E-state index contributed by atoms with van der Waals surface area (Å²) in [6, 6.07) is 12.3. The molecule has 0 saturated carbocycles. The molecule has 29 heavy (non-hydrogen) atoms. The van der Waals surface area contributed by atoms with Crippen molar-refractivity contribution in [2.24, 2.45) is 7.05 Å². The Morgan fingerprint density at radius 1 is 1.07 bits per heavy atom. The number of aromatic amines is 1. The molecule has 2 N–H and O–H groups in total. The van der Waals surface area contributed by atoms with Crippen LogP contribution in [0.2, 0.25) is 0 Å². The van der Waals surface area contributed by atoms with Gasteiger partial charge in [0.15, 0.2) is 0 Å². The maximum absolute atomic E-state index is 13.2. The summed E-state index contributed by atoms with van der Waals surface area (Å²) in [6.45, 7) is 1.86. The lowest BCUT2D eigenvalue weighted by molar-refractivity contribution is 0.102. The van der Waals surface area contributed by atoms with E-state index < -0.39 is 23.0 Å². The lowest BCUT2D eigenvalue weighted by Gasteiger charge is -2.08. The summed E-state index contributed by atoms with van der Waals surface area (Å²) < 4.78 is 15.6. The first-order chi connectivity index (χ1) is 13.9. The van der Waals surface area contributed by atoms with Crippen molar-refractivity contribution in [3.63, 3.8) is 0 Å². The maximum Gasteiger partial charge on any atom is 0.333 e. The standard InChI is InChI=1S/C21H17FN4O3/c1-12-5-3-4-6-16(12)23-19(27)15-11-25(2)18-17(15)24-21(29)26(20(18)28)14-9-7-13(22)8-10-14/h3-11H,1-2H3,(H,23,27)(H,24,29). The summed E-state index contributed by atoms with van der Waals surface area (Å²) in [4.78, 5) is 41.0. The molecule has 0 radical (unpaired) electrons. The zero-order chi connectivity index (χ0) is 20.7. The molecule has 146 valence electrons. The van der Waals surface area contributed by atoms with Crippen LogP contribution in [0.25, 0.3) is 16.7 Å². The normalized spacial score (nSPS) is 11.0. The number of carbonyl (C=O) groups excluding carboxylic acids is 1. The fraction of sp³-hybridized carbons (Fsp3) is 0.0952. The Morgan fingerprint density at radius 2 is 1.76 bits per heavy atom. The molecule has 2 aromatic heterocycles. The van der Waals surface area contributed by atoms with Gasteiger partial charge >= 0.3 is 5.69 Å². The number of fused-ring (bicyclic) bond motifs is 1. The highest BCUT2D eigenvalue weighted by Crippen LogP contribution is 2.19. The number of para-hydroxylation sites is 1. The number of nitrogens with one attached hydrogen (secondary N) is 2. The van der Waals surface area contributed by atoms with Gasteiger partial charge in [-0.2, -0.15) is 0 Å². The van der Waals surface area contributed by atoms with Crippen molar-refractivity contribution in [2.45, 2.75) is 6.92 Å². The third kappa shape index (κ3) is 3.14. The minimum Gasteiger partial charge on any atom is -0.344 e. The average Bonchev–Trinajstić information content (AvgIpc) is 3.01.